The summed E-state index contributed by atoms with van der Waals surface area (Å²) in [6.45, 7) is 4.13. The van der Waals surface area contributed by atoms with Crippen LogP contribution in [0.25, 0.3) is 0 Å². The first-order valence-corrected chi connectivity index (χ1v) is 6.33. The van der Waals surface area contributed by atoms with Crippen molar-refractivity contribution in [3.63, 3.8) is 0 Å². The van der Waals surface area contributed by atoms with Crippen molar-refractivity contribution in [1.29, 1.82) is 0 Å². The molecule has 0 bridgehead atoms. The van der Waals surface area contributed by atoms with Crippen LogP contribution in [0.5, 0.6) is 5.75 Å². The average molecular weight is 280 g/mol. The molecule has 0 saturated carbocycles. The fourth-order valence-electron chi connectivity index (χ4n) is 1.53. The number of nitrogens with one attached hydrogen (secondary N) is 2. The first kappa shape index (κ1) is 16.0. The van der Waals surface area contributed by atoms with Gasteiger partial charge in [-0.25, -0.2) is 0 Å². The summed E-state index contributed by atoms with van der Waals surface area (Å²) in [5, 5.41) is 14.8. The van der Waals surface area contributed by atoms with E-state index in [4.69, 9.17) is 4.74 Å². The first-order chi connectivity index (χ1) is 9.45. The topological polar surface area (TPSA) is 87.7 Å². The van der Waals surface area contributed by atoms with Gasteiger partial charge >= 0.3 is 0 Å². The van der Waals surface area contributed by atoms with Gasteiger partial charge in [-0.3, -0.25) is 9.59 Å². The number of aryl methyl sites for hydroxylation is 1. The largest absolute Gasteiger partial charge is 0.508 e. The van der Waals surface area contributed by atoms with Gasteiger partial charge in [-0.1, -0.05) is 6.07 Å². The second kappa shape index (κ2) is 7.49. The summed E-state index contributed by atoms with van der Waals surface area (Å²) in [6, 6.07) is 3.95. The van der Waals surface area contributed by atoms with Crippen molar-refractivity contribution < 1.29 is 19.4 Å². The summed E-state index contributed by atoms with van der Waals surface area (Å²) in [4.78, 5) is 23.6. The molecule has 1 unspecified atom stereocenters. The molecule has 1 atom stereocenters. The summed E-state index contributed by atoms with van der Waals surface area (Å²) in [5.41, 5.74) is 0.997. The minimum absolute atomic E-state index is 0.0508. The lowest BCUT2D eigenvalue weighted by atomic mass is 10.1. The summed E-state index contributed by atoms with van der Waals surface area (Å²) >= 11 is 0. The van der Waals surface area contributed by atoms with Crippen molar-refractivity contribution in [3.05, 3.63) is 29.3 Å². The number of methoxy groups -OCH3 is 1. The van der Waals surface area contributed by atoms with Crippen LogP contribution in [0.4, 0.5) is 0 Å². The summed E-state index contributed by atoms with van der Waals surface area (Å²) in [7, 11) is 1.54. The van der Waals surface area contributed by atoms with Crippen LogP contribution in [0.1, 0.15) is 22.8 Å². The molecular formula is C14H20N2O4. The zero-order chi connectivity index (χ0) is 15.1. The van der Waals surface area contributed by atoms with Gasteiger partial charge in [0, 0.05) is 19.2 Å². The third-order valence-corrected chi connectivity index (χ3v) is 2.82. The molecule has 6 nitrogen and oxygen atoms in total. The highest BCUT2D eigenvalue weighted by Gasteiger charge is 2.16. The number of rotatable bonds is 6. The van der Waals surface area contributed by atoms with Crippen LogP contribution in [0.15, 0.2) is 18.2 Å². The van der Waals surface area contributed by atoms with E-state index in [0.717, 1.165) is 0 Å². The van der Waals surface area contributed by atoms with Crippen molar-refractivity contribution in [2.75, 3.05) is 20.3 Å². The zero-order valence-corrected chi connectivity index (χ0v) is 11.9. The van der Waals surface area contributed by atoms with Gasteiger partial charge in [0.1, 0.15) is 11.8 Å². The van der Waals surface area contributed by atoms with Gasteiger partial charge in [0.2, 0.25) is 5.91 Å². The molecule has 0 spiro atoms. The minimum Gasteiger partial charge on any atom is -0.508 e. The summed E-state index contributed by atoms with van der Waals surface area (Å²) in [6.07, 6.45) is 0. The van der Waals surface area contributed by atoms with Crippen LogP contribution < -0.4 is 10.6 Å². The monoisotopic (exact) mass is 280 g/mol. The Morgan fingerprint density at radius 1 is 1.40 bits per heavy atom. The van der Waals surface area contributed by atoms with Crippen molar-refractivity contribution in [2.24, 2.45) is 0 Å². The van der Waals surface area contributed by atoms with E-state index in [1.165, 1.54) is 6.07 Å². The maximum Gasteiger partial charge on any atom is 0.252 e. The summed E-state index contributed by atoms with van der Waals surface area (Å²) < 4.78 is 4.82. The second-order valence-corrected chi connectivity index (χ2v) is 4.48. The number of hydrogen-bond acceptors (Lipinski definition) is 4. The fraction of sp³-hybridized carbons (Fsp3) is 0.429. The Kier molecular flexibility index (Phi) is 5.99. The van der Waals surface area contributed by atoms with Crippen molar-refractivity contribution in [2.45, 2.75) is 19.9 Å². The van der Waals surface area contributed by atoms with E-state index < -0.39 is 11.9 Å². The quantitative estimate of drug-likeness (QED) is 0.665. The van der Waals surface area contributed by atoms with E-state index in [2.05, 4.69) is 10.6 Å². The maximum atomic E-state index is 11.9. The number of phenols is 1. The van der Waals surface area contributed by atoms with Gasteiger partial charge in [-0.2, -0.15) is 0 Å². The number of amides is 2. The molecule has 6 heteroatoms. The number of benzene rings is 1. The number of aromatic hydroxyl groups is 1. The second-order valence-electron chi connectivity index (χ2n) is 4.48. The molecule has 1 rings (SSSR count). The molecule has 0 aromatic heterocycles. The average Bonchev–Trinajstić information content (AvgIpc) is 2.41. The normalized spacial score (nSPS) is 11.8. The van der Waals surface area contributed by atoms with Crippen LogP contribution in [-0.2, 0) is 9.53 Å². The van der Waals surface area contributed by atoms with E-state index in [1.54, 1.807) is 33.1 Å². The molecule has 0 saturated heterocycles. The highest BCUT2D eigenvalue weighted by molar-refractivity contribution is 5.97. The van der Waals surface area contributed by atoms with Gasteiger partial charge in [0.25, 0.3) is 5.91 Å². The molecule has 3 N–H and O–H groups in total. The molecule has 1 aromatic rings. The third kappa shape index (κ3) is 4.55. The van der Waals surface area contributed by atoms with Crippen LogP contribution in [0.3, 0.4) is 0 Å². The number of carbonyl (C=O) groups excluding carboxylic acids is 2. The maximum absolute atomic E-state index is 11.9. The standard InChI is InChI=1S/C14H20N2O4/c1-9-4-5-11(8-12(9)17)14(19)16-10(2)13(18)15-6-7-20-3/h4-5,8,10,17H,6-7H2,1-3H3,(H,15,18)(H,16,19). The fourth-order valence-corrected chi connectivity index (χ4v) is 1.53. The van der Waals surface area contributed by atoms with Crippen molar-refractivity contribution in [1.82, 2.24) is 10.6 Å². The Labute approximate surface area is 118 Å². The molecule has 0 heterocycles. The lowest BCUT2D eigenvalue weighted by Crippen LogP contribution is -2.45. The molecule has 20 heavy (non-hydrogen) atoms. The van der Waals surface area contributed by atoms with Gasteiger partial charge in [0.15, 0.2) is 0 Å². The Hall–Kier alpha value is -2.08. The molecule has 1 aromatic carbocycles. The first-order valence-electron chi connectivity index (χ1n) is 6.33. The molecule has 0 radical (unpaired) electrons. The SMILES string of the molecule is COCCNC(=O)C(C)NC(=O)c1ccc(C)c(O)c1. The third-order valence-electron chi connectivity index (χ3n) is 2.82. The Balaban J connectivity index is 2.56. The lowest BCUT2D eigenvalue weighted by Gasteiger charge is -2.14. The molecule has 110 valence electrons. The van der Waals surface area contributed by atoms with E-state index in [-0.39, 0.29) is 11.7 Å². The number of carbonyl (C=O) groups is 2. The Bertz CT molecular complexity index is 488. The van der Waals surface area contributed by atoms with E-state index in [1.807, 2.05) is 0 Å². The number of hydrogen-bond donors (Lipinski definition) is 3. The Morgan fingerprint density at radius 3 is 2.70 bits per heavy atom. The summed E-state index contributed by atoms with van der Waals surface area (Å²) in [5.74, 6) is -0.642. The van der Waals surface area contributed by atoms with Crippen molar-refractivity contribution in [3.8, 4) is 5.75 Å². The smallest absolute Gasteiger partial charge is 0.252 e. The van der Waals surface area contributed by atoms with Crippen LogP contribution in [0.2, 0.25) is 0 Å². The highest BCUT2D eigenvalue weighted by Crippen LogP contribution is 2.17. The van der Waals surface area contributed by atoms with Crippen LogP contribution in [0, 0.1) is 6.92 Å². The van der Waals surface area contributed by atoms with Gasteiger partial charge in [0.05, 0.1) is 6.61 Å². The molecule has 2 amide bonds. The van der Waals surface area contributed by atoms with Crippen LogP contribution >= 0.6 is 0 Å². The number of phenolic OH excluding ortho intramolecular Hbond substituents is 1. The molecule has 0 fully saturated rings. The van der Waals surface area contributed by atoms with Gasteiger partial charge in [-0.15, -0.1) is 0 Å². The molecule has 0 aliphatic heterocycles. The highest BCUT2D eigenvalue weighted by atomic mass is 16.5. The predicted molar refractivity (Wildman–Crippen MR) is 74.7 cm³/mol. The van der Waals surface area contributed by atoms with E-state index in [0.29, 0.717) is 24.3 Å². The minimum atomic E-state index is -0.664. The van der Waals surface area contributed by atoms with E-state index in [9.17, 15) is 14.7 Å². The Morgan fingerprint density at radius 2 is 2.10 bits per heavy atom. The predicted octanol–water partition coefficient (Wildman–Crippen LogP) is 0.582. The zero-order valence-electron chi connectivity index (χ0n) is 11.9. The van der Waals surface area contributed by atoms with E-state index >= 15 is 0 Å². The van der Waals surface area contributed by atoms with Gasteiger partial charge < -0.3 is 20.5 Å². The molecule has 0 aliphatic rings. The van der Waals surface area contributed by atoms with Gasteiger partial charge in [-0.05, 0) is 31.5 Å². The molecular weight excluding hydrogens is 260 g/mol. The van der Waals surface area contributed by atoms with Crippen molar-refractivity contribution >= 4 is 11.8 Å². The lowest BCUT2D eigenvalue weighted by molar-refractivity contribution is -0.122. The molecule has 0 aliphatic carbocycles. The van der Waals surface area contributed by atoms with Crippen LogP contribution in [-0.4, -0.2) is 43.2 Å². The number of ether oxygens (including phenoxy) is 1.